The van der Waals surface area contributed by atoms with Crippen molar-refractivity contribution in [2.45, 2.75) is 25.9 Å². The fraction of sp³-hybridized carbons (Fsp3) is 0.417. The highest BCUT2D eigenvalue weighted by Gasteiger charge is 2.31. The first-order chi connectivity index (χ1) is 7.29. The summed E-state index contributed by atoms with van der Waals surface area (Å²) < 4.78 is 0. The fourth-order valence-electron chi connectivity index (χ4n) is 2.62. The molecular weight excluding hydrogens is 190 g/mol. The quantitative estimate of drug-likeness (QED) is 0.740. The van der Waals surface area contributed by atoms with Crippen LogP contribution in [0.5, 0.6) is 0 Å². The van der Waals surface area contributed by atoms with Crippen LogP contribution in [0.25, 0.3) is 0 Å². The van der Waals surface area contributed by atoms with Crippen molar-refractivity contribution in [3.8, 4) is 0 Å². The summed E-state index contributed by atoms with van der Waals surface area (Å²) in [6, 6.07) is 4.06. The molecule has 3 heteroatoms. The van der Waals surface area contributed by atoms with E-state index in [1.807, 2.05) is 17.0 Å². The molecule has 0 fully saturated rings. The Balaban J connectivity index is 2.18. The van der Waals surface area contributed by atoms with E-state index >= 15 is 0 Å². The monoisotopic (exact) mass is 203 g/mol. The molecule has 0 atom stereocenters. The van der Waals surface area contributed by atoms with Gasteiger partial charge < -0.3 is 10.0 Å². The van der Waals surface area contributed by atoms with Gasteiger partial charge in [-0.3, -0.25) is 4.79 Å². The van der Waals surface area contributed by atoms with Crippen molar-refractivity contribution in [3.63, 3.8) is 0 Å². The Hall–Kier alpha value is -1.35. The maximum absolute atomic E-state index is 11.7. The predicted octanol–water partition coefficient (Wildman–Crippen LogP) is 1.01. The molecule has 0 unspecified atom stereocenters. The SMILES string of the molecule is O=C1CCc2cc(CO)cc3c2N1CC3. The van der Waals surface area contributed by atoms with Crippen molar-refractivity contribution in [1.82, 2.24) is 0 Å². The third-order valence-electron chi connectivity index (χ3n) is 3.29. The third kappa shape index (κ3) is 1.20. The largest absolute Gasteiger partial charge is 0.392 e. The molecule has 0 saturated carbocycles. The number of rotatable bonds is 1. The zero-order valence-corrected chi connectivity index (χ0v) is 8.49. The second-order valence-corrected chi connectivity index (χ2v) is 4.22. The molecule has 78 valence electrons. The van der Waals surface area contributed by atoms with E-state index in [-0.39, 0.29) is 12.5 Å². The highest BCUT2D eigenvalue weighted by Crippen LogP contribution is 2.37. The Bertz CT molecular complexity index is 439. The van der Waals surface area contributed by atoms with Crippen LogP contribution >= 0.6 is 0 Å². The lowest BCUT2D eigenvalue weighted by atomic mass is 9.97. The van der Waals surface area contributed by atoms with E-state index in [0.29, 0.717) is 6.42 Å². The first-order valence-electron chi connectivity index (χ1n) is 5.35. The smallest absolute Gasteiger partial charge is 0.227 e. The maximum Gasteiger partial charge on any atom is 0.227 e. The molecule has 1 amide bonds. The summed E-state index contributed by atoms with van der Waals surface area (Å²) in [5.74, 6) is 0.248. The Morgan fingerprint density at radius 1 is 1.20 bits per heavy atom. The van der Waals surface area contributed by atoms with E-state index in [0.717, 1.165) is 30.6 Å². The minimum atomic E-state index is 0.0915. The number of nitrogens with zero attached hydrogens (tertiary/aromatic N) is 1. The normalized spacial score (nSPS) is 18.2. The van der Waals surface area contributed by atoms with Crippen molar-refractivity contribution >= 4 is 11.6 Å². The maximum atomic E-state index is 11.7. The van der Waals surface area contributed by atoms with Gasteiger partial charge in [-0.25, -0.2) is 0 Å². The van der Waals surface area contributed by atoms with Gasteiger partial charge in [0.2, 0.25) is 5.91 Å². The van der Waals surface area contributed by atoms with E-state index in [4.69, 9.17) is 5.11 Å². The number of anilines is 1. The summed E-state index contributed by atoms with van der Waals surface area (Å²) in [6.45, 7) is 0.907. The lowest BCUT2D eigenvalue weighted by Crippen LogP contribution is -2.32. The van der Waals surface area contributed by atoms with E-state index in [1.165, 1.54) is 11.1 Å². The molecule has 0 spiro atoms. The van der Waals surface area contributed by atoms with Crippen molar-refractivity contribution in [2.24, 2.45) is 0 Å². The van der Waals surface area contributed by atoms with Crippen molar-refractivity contribution < 1.29 is 9.90 Å². The van der Waals surface area contributed by atoms with Gasteiger partial charge in [0.15, 0.2) is 0 Å². The Morgan fingerprint density at radius 3 is 2.67 bits per heavy atom. The second kappa shape index (κ2) is 3.07. The molecule has 2 aliphatic rings. The summed E-state index contributed by atoms with van der Waals surface area (Å²) in [5.41, 5.74) is 4.56. The number of aliphatic hydroxyl groups excluding tert-OH is 1. The summed E-state index contributed by atoms with van der Waals surface area (Å²) in [5, 5.41) is 9.14. The highest BCUT2D eigenvalue weighted by molar-refractivity contribution is 5.98. The average molecular weight is 203 g/mol. The van der Waals surface area contributed by atoms with Gasteiger partial charge in [-0.15, -0.1) is 0 Å². The van der Waals surface area contributed by atoms with Crippen LogP contribution in [-0.2, 0) is 24.2 Å². The molecule has 1 aromatic carbocycles. The molecule has 1 aromatic rings. The summed E-state index contributed by atoms with van der Waals surface area (Å²) in [4.78, 5) is 13.6. The molecule has 15 heavy (non-hydrogen) atoms. The number of carbonyl (C=O) groups excluding carboxylic acids is 1. The second-order valence-electron chi connectivity index (χ2n) is 4.22. The molecule has 0 aliphatic carbocycles. The zero-order valence-electron chi connectivity index (χ0n) is 8.49. The molecule has 3 rings (SSSR count). The van der Waals surface area contributed by atoms with E-state index < -0.39 is 0 Å². The van der Waals surface area contributed by atoms with Crippen LogP contribution in [0.2, 0.25) is 0 Å². The number of amides is 1. The molecule has 0 bridgehead atoms. The number of aryl methyl sites for hydroxylation is 1. The van der Waals surface area contributed by atoms with Gasteiger partial charge in [-0.05, 0) is 29.5 Å². The van der Waals surface area contributed by atoms with Gasteiger partial charge >= 0.3 is 0 Å². The highest BCUT2D eigenvalue weighted by atomic mass is 16.3. The van der Waals surface area contributed by atoms with Crippen LogP contribution in [-0.4, -0.2) is 17.6 Å². The lowest BCUT2D eigenvalue weighted by Gasteiger charge is -2.25. The standard InChI is InChI=1S/C12H13NO2/c14-7-8-5-9-1-2-11(15)13-4-3-10(6-8)12(9)13/h5-6,14H,1-4,7H2. The average Bonchev–Trinajstić information content (AvgIpc) is 2.68. The topological polar surface area (TPSA) is 40.5 Å². The predicted molar refractivity (Wildman–Crippen MR) is 56.7 cm³/mol. The molecule has 0 radical (unpaired) electrons. The van der Waals surface area contributed by atoms with Crippen LogP contribution in [0.4, 0.5) is 5.69 Å². The van der Waals surface area contributed by atoms with E-state index in [9.17, 15) is 4.79 Å². The molecule has 2 aliphatic heterocycles. The van der Waals surface area contributed by atoms with Crippen LogP contribution in [0.15, 0.2) is 12.1 Å². The van der Waals surface area contributed by atoms with Gasteiger partial charge in [0.05, 0.1) is 12.3 Å². The number of carbonyl (C=O) groups is 1. The van der Waals surface area contributed by atoms with Gasteiger partial charge in [-0.1, -0.05) is 12.1 Å². The zero-order chi connectivity index (χ0) is 10.4. The molecular formula is C12H13NO2. The Kier molecular flexibility index (Phi) is 1.83. The van der Waals surface area contributed by atoms with E-state index in [1.54, 1.807) is 0 Å². The van der Waals surface area contributed by atoms with Crippen molar-refractivity contribution in [2.75, 3.05) is 11.4 Å². The molecule has 1 N–H and O–H groups in total. The Morgan fingerprint density at radius 2 is 1.93 bits per heavy atom. The third-order valence-corrected chi connectivity index (χ3v) is 3.29. The number of hydrogen-bond donors (Lipinski definition) is 1. The summed E-state index contributed by atoms with van der Waals surface area (Å²) in [7, 11) is 0. The van der Waals surface area contributed by atoms with Crippen LogP contribution < -0.4 is 4.90 Å². The van der Waals surface area contributed by atoms with Gasteiger partial charge in [0.25, 0.3) is 0 Å². The van der Waals surface area contributed by atoms with Gasteiger partial charge in [0, 0.05) is 13.0 Å². The minimum Gasteiger partial charge on any atom is -0.392 e. The Labute approximate surface area is 88.3 Å². The van der Waals surface area contributed by atoms with Crippen LogP contribution in [0, 0.1) is 0 Å². The fourth-order valence-corrected chi connectivity index (χ4v) is 2.62. The van der Waals surface area contributed by atoms with Gasteiger partial charge in [0.1, 0.15) is 0 Å². The van der Waals surface area contributed by atoms with E-state index in [2.05, 4.69) is 0 Å². The number of aliphatic hydroxyl groups is 1. The number of benzene rings is 1. The number of hydrogen-bond acceptors (Lipinski definition) is 2. The van der Waals surface area contributed by atoms with Crippen molar-refractivity contribution in [1.29, 1.82) is 0 Å². The molecule has 0 saturated heterocycles. The molecule has 2 heterocycles. The molecule has 0 aromatic heterocycles. The summed E-state index contributed by atoms with van der Waals surface area (Å²) >= 11 is 0. The van der Waals surface area contributed by atoms with Crippen molar-refractivity contribution in [3.05, 3.63) is 28.8 Å². The minimum absolute atomic E-state index is 0.0915. The van der Waals surface area contributed by atoms with Crippen LogP contribution in [0.3, 0.4) is 0 Å². The van der Waals surface area contributed by atoms with Crippen LogP contribution in [0.1, 0.15) is 23.1 Å². The first-order valence-corrected chi connectivity index (χ1v) is 5.35. The lowest BCUT2D eigenvalue weighted by molar-refractivity contribution is -0.118. The summed E-state index contributed by atoms with van der Waals surface area (Å²) in [6.07, 6.45) is 2.37. The van der Waals surface area contributed by atoms with Gasteiger partial charge in [-0.2, -0.15) is 0 Å². The molecule has 3 nitrogen and oxygen atoms in total. The first kappa shape index (κ1) is 8.92.